The van der Waals surface area contributed by atoms with Crippen LogP contribution in [-0.2, 0) is 19.7 Å². The molecule has 0 N–H and O–H groups in total. The molecule has 3 saturated heterocycles. The summed E-state index contributed by atoms with van der Waals surface area (Å²) in [5, 5.41) is 0. The molecule has 1 amide bonds. The molecule has 1 aliphatic carbocycles. The standard InChI is InChI=1S/C36H46N4O3/c1-3-43-34(42)36(16-9-17-36)33(41)38-21-18-35(19-22-38,27-10-5-4-6-11-27)20-23-39-28-14-15-29(39)25-30(24-28)40-26(2)37-31-12-7-8-13-32(31)40/h4-8,10-13,28-30H,3,9,14-25H2,1-2H3/t28-,29+,30+. The minimum atomic E-state index is -0.939. The van der Waals surface area contributed by atoms with Crippen molar-refractivity contribution < 1.29 is 14.3 Å². The molecule has 3 atom stereocenters. The van der Waals surface area contributed by atoms with Gasteiger partial charge in [-0.05, 0) is 101 Å². The van der Waals surface area contributed by atoms with Crippen LogP contribution in [-0.4, -0.2) is 69.6 Å². The monoisotopic (exact) mass is 582 g/mol. The van der Waals surface area contributed by atoms with Crippen molar-refractivity contribution >= 4 is 22.9 Å². The average Bonchev–Trinajstić information content (AvgIpc) is 3.46. The first-order valence-corrected chi connectivity index (χ1v) is 16.7. The Morgan fingerprint density at radius 3 is 2.23 bits per heavy atom. The summed E-state index contributed by atoms with van der Waals surface area (Å²) >= 11 is 0. The van der Waals surface area contributed by atoms with Crippen molar-refractivity contribution in [3.63, 3.8) is 0 Å². The maximum absolute atomic E-state index is 13.7. The van der Waals surface area contributed by atoms with E-state index in [0.717, 1.165) is 43.6 Å². The Hall–Kier alpha value is -3.19. The van der Waals surface area contributed by atoms with Gasteiger partial charge < -0.3 is 14.2 Å². The van der Waals surface area contributed by atoms with Gasteiger partial charge in [0.15, 0.2) is 0 Å². The van der Waals surface area contributed by atoms with Crippen molar-refractivity contribution in [3.05, 3.63) is 66.0 Å². The second-order valence-electron chi connectivity index (χ2n) is 13.6. The van der Waals surface area contributed by atoms with Crippen LogP contribution in [0.1, 0.15) is 88.6 Å². The Bertz CT molecular complexity index is 1460. The number of hydrogen-bond donors (Lipinski definition) is 0. The average molecular weight is 583 g/mol. The summed E-state index contributed by atoms with van der Waals surface area (Å²) in [5.41, 5.74) is 2.88. The van der Waals surface area contributed by atoms with Gasteiger partial charge in [-0.3, -0.25) is 14.5 Å². The molecule has 3 aliphatic heterocycles. The lowest BCUT2D eigenvalue weighted by Gasteiger charge is -2.48. The number of likely N-dealkylation sites (tertiary alicyclic amines) is 1. The maximum Gasteiger partial charge on any atom is 0.321 e. The second kappa shape index (κ2) is 11.4. The molecule has 7 nitrogen and oxygen atoms in total. The van der Waals surface area contributed by atoms with Crippen LogP contribution in [0.3, 0.4) is 0 Å². The van der Waals surface area contributed by atoms with Crippen molar-refractivity contribution in [3.8, 4) is 0 Å². The van der Waals surface area contributed by atoms with E-state index in [1.807, 2.05) is 11.8 Å². The number of fused-ring (bicyclic) bond motifs is 3. The van der Waals surface area contributed by atoms with E-state index in [1.165, 1.54) is 36.8 Å². The van der Waals surface area contributed by atoms with Gasteiger partial charge in [0, 0.05) is 31.2 Å². The van der Waals surface area contributed by atoms with E-state index < -0.39 is 5.41 Å². The number of piperidine rings is 2. The van der Waals surface area contributed by atoms with Crippen LogP contribution >= 0.6 is 0 Å². The molecule has 1 saturated carbocycles. The van der Waals surface area contributed by atoms with Crippen molar-refractivity contribution in [2.75, 3.05) is 26.2 Å². The highest BCUT2D eigenvalue weighted by Crippen LogP contribution is 2.47. The number of carbonyl (C=O) groups is 2. The summed E-state index contributed by atoms with van der Waals surface area (Å²) in [6.45, 7) is 6.81. The summed E-state index contributed by atoms with van der Waals surface area (Å²) in [5.74, 6) is 0.820. The molecule has 4 aliphatic rings. The minimum absolute atomic E-state index is 0.00120. The molecule has 1 aromatic heterocycles. The molecule has 228 valence electrons. The van der Waals surface area contributed by atoms with Gasteiger partial charge in [0.05, 0.1) is 17.6 Å². The number of rotatable bonds is 8. The molecule has 4 fully saturated rings. The quantitative estimate of drug-likeness (QED) is 0.234. The smallest absolute Gasteiger partial charge is 0.321 e. The first-order valence-electron chi connectivity index (χ1n) is 16.7. The number of ether oxygens (including phenoxy) is 1. The lowest BCUT2D eigenvalue weighted by Crippen LogP contribution is -2.56. The molecule has 2 bridgehead atoms. The molecular formula is C36H46N4O3. The Labute approximate surface area is 255 Å². The van der Waals surface area contributed by atoms with Gasteiger partial charge in [-0.25, -0.2) is 4.98 Å². The molecule has 7 rings (SSSR count). The zero-order chi connectivity index (χ0) is 29.6. The Balaban J connectivity index is 1.05. The highest BCUT2D eigenvalue weighted by atomic mass is 16.5. The zero-order valence-electron chi connectivity index (χ0n) is 25.8. The first kappa shape index (κ1) is 28.6. The van der Waals surface area contributed by atoms with Gasteiger partial charge in [-0.15, -0.1) is 0 Å². The Kier molecular flexibility index (Phi) is 7.57. The summed E-state index contributed by atoms with van der Waals surface area (Å²) < 4.78 is 7.88. The molecule has 7 heteroatoms. The van der Waals surface area contributed by atoms with Crippen LogP contribution in [0, 0.1) is 12.3 Å². The third-order valence-electron chi connectivity index (χ3n) is 11.5. The van der Waals surface area contributed by atoms with E-state index in [1.54, 1.807) is 0 Å². The predicted molar refractivity (Wildman–Crippen MR) is 168 cm³/mol. The van der Waals surface area contributed by atoms with Crippen molar-refractivity contribution in [2.45, 2.75) is 102 Å². The summed E-state index contributed by atoms with van der Waals surface area (Å²) in [7, 11) is 0. The number of aryl methyl sites for hydroxylation is 1. The van der Waals surface area contributed by atoms with Crippen LogP contribution < -0.4 is 0 Å². The highest BCUT2D eigenvalue weighted by Gasteiger charge is 2.55. The lowest BCUT2D eigenvalue weighted by molar-refractivity contribution is -0.172. The fraction of sp³-hybridized carbons (Fsp3) is 0.583. The van der Waals surface area contributed by atoms with Gasteiger partial charge in [-0.1, -0.05) is 48.9 Å². The van der Waals surface area contributed by atoms with Gasteiger partial charge in [-0.2, -0.15) is 0 Å². The third kappa shape index (κ3) is 4.88. The predicted octanol–water partition coefficient (Wildman–Crippen LogP) is 6.20. The molecular weight excluding hydrogens is 536 g/mol. The van der Waals surface area contributed by atoms with E-state index in [-0.39, 0.29) is 17.3 Å². The van der Waals surface area contributed by atoms with Crippen LogP contribution in [0.4, 0.5) is 0 Å². The van der Waals surface area contributed by atoms with Crippen LogP contribution in [0.25, 0.3) is 11.0 Å². The normalized spacial score (nSPS) is 26.3. The third-order valence-corrected chi connectivity index (χ3v) is 11.5. The van der Waals surface area contributed by atoms with Gasteiger partial charge in [0.2, 0.25) is 5.91 Å². The van der Waals surface area contributed by atoms with Gasteiger partial charge >= 0.3 is 5.97 Å². The number of aromatic nitrogens is 2. The summed E-state index contributed by atoms with van der Waals surface area (Å²) in [6, 6.07) is 21.3. The minimum Gasteiger partial charge on any atom is -0.465 e. The van der Waals surface area contributed by atoms with Crippen molar-refractivity contribution in [1.82, 2.24) is 19.4 Å². The van der Waals surface area contributed by atoms with E-state index >= 15 is 0 Å². The fourth-order valence-electron chi connectivity index (χ4n) is 9.01. The number of para-hydroxylation sites is 2. The number of imidazole rings is 1. The van der Waals surface area contributed by atoms with E-state index in [0.29, 0.717) is 50.7 Å². The molecule has 4 heterocycles. The second-order valence-corrected chi connectivity index (χ2v) is 13.6. The van der Waals surface area contributed by atoms with Crippen LogP contribution in [0.15, 0.2) is 54.6 Å². The van der Waals surface area contributed by atoms with E-state index in [2.05, 4.69) is 71.0 Å². The molecule has 0 unspecified atom stereocenters. The maximum atomic E-state index is 13.7. The number of amides is 1. The van der Waals surface area contributed by atoms with Crippen LogP contribution in [0.2, 0.25) is 0 Å². The number of nitrogens with zero attached hydrogens (tertiary/aromatic N) is 4. The largest absolute Gasteiger partial charge is 0.465 e. The topological polar surface area (TPSA) is 67.7 Å². The summed E-state index contributed by atoms with van der Waals surface area (Å²) in [6.07, 6.45) is 10.1. The summed E-state index contributed by atoms with van der Waals surface area (Å²) in [4.78, 5) is 36.2. The number of hydrogen-bond acceptors (Lipinski definition) is 5. The van der Waals surface area contributed by atoms with Crippen molar-refractivity contribution in [1.29, 1.82) is 0 Å². The molecule has 0 spiro atoms. The highest BCUT2D eigenvalue weighted by molar-refractivity contribution is 6.03. The molecule has 0 radical (unpaired) electrons. The van der Waals surface area contributed by atoms with Gasteiger partial charge in [0.25, 0.3) is 0 Å². The number of esters is 1. The number of carbonyl (C=O) groups excluding carboxylic acids is 2. The van der Waals surface area contributed by atoms with Crippen molar-refractivity contribution in [2.24, 2.45) is 5.41 Å². The van der Waals surface area contributed by atoms with Crippen LogP contribution in [0.5, 0.6) is 0 Å². The SMILES string of the molecule is CCOC(=O)C1(C(=O)N2CCC(CCN3[C@@H]4CC[C@H]3C[C@@H](n3c(C)nc5ccccc53)C4)(c3ccccc3)CC2)CCC1. The Morgan fingerprint density at radius 1 is 0.907 bits per heavy atom. The molecule has 2 aromatic carbocycles. The molecule has 3 aromatic rings. The first-order chi connectivity index (χ1) is 20.9. The molecule has 43 heavy (non-hydrogen) atoms. The zero-order valence-corrected chi connectivity index (χ0v) is 25.8. The fourth-order valence-corrected chi connectivity index (χ4v) is 9.01. The van der Waals surface area contributed by atoms with E-state index in [9.17, 15) is 9.59 Å². The number of benzene rings is 2. The van der Waals surface area contributed by atoms with Gasteiger partial charge in [0.1, 0.15) is 11.2 Å². The van der Waals surface area contributed by atoms with E-state index in [4.69, 9.17) is 9.72 Å². The Morgan fingerprint density at radius 2 is 1.58 bits per heavy atom. The lowest BCUT2D eigenvalue weighted by atomic mass is 9.66.